The quantitative estimate of drug-likeness (QED) is 0.521. The number of hydrogen-bond donors (Lipinski definition) is 0. The molecule has 0 bridgehead atoms. The SMILES string of the molecule is CC(C)(C)OC(=O)[CH2][Zn][Cl]. The van der Waals surface area contributed by atoms with Crippen molar-refractivity contribution in [3.63, 3.8) is 0 Å². The minimum atomic E-state index is -1.07. The van der Waals surface area contributed by atoms with Crippen molar-refractivity contribution >= 4 is 15.7 Å². The maximum atomic E-state index is 10.8. The fraction of sp³-hybridized carbons (Fsp3) is 0.833. The van der Waals surface area contributed by atoms with Gasteiger partial charge in [0.2, 0.25) is 0 Å². The Balaban J connectivity index is 3.58. The zero-order valence-electron chi connectivity index (χ0n) is 6.61. The molecule has 0 aromatic heterocycles. The van der Waals surface area contributed by atoms with Crippen LogP contribution >= 0.6 is 9.69 Å². The number of hydrogen-bond acceptors (Lipinski definition) is 2. The molecule has 0 saturated heterocycles. The van der Waals surface area contributed by atoms with Crippen LogP contribution in [0.1, 0.15) is 20.8 Å². The van der Waals surface area contributed by atoms with Crippen LogP contribution in [0.3, 0.4) is 0 Å². The van der Waals surface area contributed by atoms with Crippen LogP contribution in [0.5, 0.6) is 0 Å². The molecule has 0 radical (unpaired) electrons. The van der Waals surface area contributed by atoms with Crippen LogP contribution < -0.4 is 0 Å². The first-order valence-electron chi connectivity index (χ1n) is 3.23. The first-order chi connectivity index (χ1) is 4.45. The second-order valence-electron chi connectivity index (χ2n) is 3.03. The van der Waals surface area contributed by atoms with Crippen molar-refractivity contribution < 1.29 is 25.7 Å². The summed E-state index contributed by atoms with van der Waals surface area (Å²) < 4.78 is 5.00. The summed E-state index contributed by atoms with van der Waals surface area (Å²) in [6.07, 6.45) is 0. The topological polar surface area (TPSA) is 26.3 Å². The normalized spacial score (nSPS) is 10.4. The minimum absolute atomic E-state index is 0.150. The standard InChI is InChI=1S/C6H11O2.ClH.Zn/c1-5(7)8-6(2,3)4;;/h1H2,2-4H3;1H;/q;;+1/p-1. The molecule has 0 aliphatic heterocycles. The van der Waals surface area contributed by atoms with Crippen LogP contribution in [-0.2, 0) is 25.7 Å². The molecule has 0 amide bonds. The van der Waals surface area contributed by atoms with Gasteiger partial charge in [0.05, 0.1) is 0 Å². The Labute approximate surface area is 72.9 Å². The molecule has 0 saturated carbocycles. The molecule has 0 spiro atoms. The summed E-state index contributed by atoms with van der Waals surface area (Å²) in [5, 5.41) is 0.478. The molecule has 0 unspecified atom stereocenters. The van der Waals surface area contributed by atoms with Gasteiger partial charge in [0.15, 0.2) is 0 Å². The molecule has 0 fully saturated rings. The van der Waals surface area contributed by atoms with E-state index < -0.39 is 16.1 Å². The van der Waals surface area contributed by atoms with E-state index >= 15 is 0 Å². The van der Waals surface area contributed by atoms with Crippen LogP contribution in [0.2, 0.25) is 5.02 Å². The third-order valence-electron chi connectivity index (χ3n) is 0.719. The van der Waals surface area contributed by atoms with Crippen LogP contribution in [-0.4, -0.2) is 11.6 Å². The van der Waals surface area contributed by atoms with Gasteiger partial charge in [-0.3, -0.25) is 0 Å². The number of halogens is 1. The fourth-order valence-electron chi connectivity index (χ4n) is 0.470. The van der Waals surface area contributed by atoms with E-state index in [4.69, 9.17) is 14.4 Å². The summed E-state index contributed by atoms with van der Waals surface area (Å²) in [4.78, 5) is 10.8. The second kappa shape index (κ2) is 4.30. The average Bonchev–Trinajstić information content (AvgIpc) is 1.59. The van der Waals surface area contributed by atoms with Crippen LogP contribution in [0.4, 0.5) is 0 Å². The molecule has 4 heteroatoms. The Kier molecular flexibility index (Phi) is 4.47. The molecule has 0 aliphatic rings. The maximum absolute atomic E-state index is 10.8. The molecule has 10 heavy (non-hydrogen) atoms. The number of esters is 1. The van der Waals surface area contributed by atoms with Crippen LogP contribution in [0, 0.1) is 0 Å². The third-order valence-corrected chi connectivity index (χ3v) is 2.95. The summed E-state index contributed by atoms with van der Waals surface area (Å²) in [5.74, 6) is -0.150. The third kappa shape index (κ3) is 6.50. The Morgan fingerprint density at radius 3 is 2.40 bits per heavy atom. The average molecular weight is 216 g/mol. The molecule has 0 N–H and O–H groups in total. The van der Waals surface area contributed by atoms with Gasteiger partial charge in [-0.25, -0.2) is 0 Å². The molecule has 0 aromatic carbocycles. The molecule has 0 aliphatic carbocycles. The Morgan fingerprint density at radius 2 is 2.10 bits per heavy atom. The molecular weight excluding hydrogens is 205 g/mol. The predicted octanol–water partition coefficient (Wildman–Crippen LogP) is 1.98. The summed E-state index contributed by atoms with van der Waals surface area (Å²) in [6, 6.07) is 0. The van der Waals surface area contributed by atoms with Crippen molar-refractivity contribution in [3.8, 4) is 0 Å². The molecule has 0 aromatic rings. The van der Waals surface area contributed by atoms with Gasteiger partial charge in [0.1, 0.15) is 0 Å². The van der Waals surface area contributed by atoms with Crippen molar-refractivity contribution in [2.24, 2.45) is 0 Å². The van der Waals surface area contributed by atoms with Gasteiger partial charge >= 0.3 is 72.7 Å². The van der Waals surface area contributed by atoms with Crippen molar-refractivity contribution in [2.75, 3.05) is 0 Å². The number of rotatable bonds is 2. The van der Waals surface area contributed by atoms with E-state index in [0.717, 1.165) is 0 Å². The molecule has 0 heterocycles. The molecular formula is C6H11ClO2Zn. The van der Waals surface area contributed by atoms with E-state index in [1.165, 1.54) is 0 Å². The van der Waals surface area contributed by atoms with Crippen molar-refractivity contribution in [3.05, 3.63) is 0 Å². The summed E-state index contributed by atoms with van der Waals surface area (Å²) in [7, 11) is 5.51. The Bertz CT molecular complexity index is 119. The van der Waals surface area contributed by atoms with Crippen LogP contribution in [0.15, 0.2) is 0 Å². The number of carbonyl (C=O) groups is 1. The van der Waals surface area contributed by atoms with Gasteiger partial charge in [-0.2, -0.15) is 0 Å². The van der Waals surface area contributed by atoms with Gasteiger partial charge in [-0.15, -0.1) is 0 Å². The molecule has 0 atom stereocenters. The zero-order chi connectivity index (χ0) is 8.20. The zero-order valence-corrected chi connectivity index (χ0v) is 10.3. The van der Waals surface area contributed by atoms with Gasteiger partial charge in [0.25, 0.3) is 0 Å². The van der Waals surface area contributed by atoms with Crippen LogP contribution in [0.25, 0.3) is 0 Å². The second-order valence-corrected chi connectivity index (χ2v) is 6.83. The molecule has 56 valence electrons. The number of ether oxygens (including phenoxy) is 1. The van der Waals surface area contributed by atoms with E-state index in [0.29, 0.717) is 5.02 Å². The van der Waals surface area contributed by atoms with Crippen molar-refractivity contribution in [2.45, 2.75) is 31.4 Å². The first-order valence-corrected chi connectivity index (χ1v) is 9.23. The first kappa shape index (κ1) is 10.4. The van der Waals surface area contributed by atoms with Gasteiger partial charge in [0, 0.05) is 0 Å². The Hall–Kier alpha value is 0.383. The summed E-state index contributed by atoms with van der Waals surface area (Å²) in [5.41, 5.74) is -0.356. The van der Waals surface area contributed by atoms with E-state index in [1.54, 1.807) is 0 Å². The van der Waals surface area contributed by atoms with Gasteiger partial charge < -0.3 is 0 Å². The van der Waals surface area contributed by atoms with E-state index in [-0.39, 0.29) is 11.6 Å². The van der Waals surface area contributed by atoms with Gasteiger partial charge in [-0.05, 0) is 0 Å². The van der Waals surface area contributed by atoms with Crippen molar-refractivity contribution in [1.29, 1.82) is 0 Å². The molecule has 0 rings (SSSR count). The predicted molar refractivity (Wildman–Crippen MR) is 36.5 cm³/mol. The van der Waals surface area contributed by atoms with E-state index in [1.807, 2.05) is 20.8 Å². The Morgan fingerprint density at radius 1 is 1.60 bits per heavy atom. The molecule has 2 nitrogen and oxygen atoms in total. The summed E-state index contributed by atoms with van der Waals surface area (Å²) >= 11 is -1.07. The fourth-order valence-corrected chi connectivity index (χ4v) is 1.81. The van der Waals surface area contributed by atoms with Gasteiger partial charge in [-0.1, -0.05) is 0 Å². The van der Waals surface area contributed by atoms with E-state index in [9.17, 15) is 4.79 Å². The van der Waals surface area contributed by atoms with Crippen molar-refractivity contribution in [1.82, 2.24) is 0 Å². The van der Waals surface area contributed by atoms with E-state index in [2.05, 4.69) is 0 Å². The number of carbonyl (C=O) groups excluding carboxylic acids is 1. The summed E-state index contributed by atoms with van der Waals surface area (Å²) in [6.45, 7) is 5.56. The monoisotopic (exact) mass is 214 g/mol.